The molecule has 1 amide bonds. The molecule has 0 spiro atoms. The Bertz CT molecular complexity index is 1380. The van der Waals surface area contributed by atoms with E-state index >= 15 is 0 Å². The summed E-state index contributed by atoms with van der Waals surface area (Å²) in [6.07, 6.45) is 4.06. The normalized spacial score (nSPS) is 13.8. The lowest BCUT2D eigenvalue weighted by atomic mass is 9.92. The van der Waals surface area contributed by atoms with E-state index in [0.717, 1.165) is 47.2 Å². The van der Waals surface area contributed by atoms with Crippen molar-refractivity contribution in [1.29, 1.82) is 0 Å². The second-order valence-corrected chi connectivity index (χ2v) is 9.05. The number of amides is 1. The molecule has 0 saturated carbocycles. The van der Waals surface area contributed by atoms with Crippen LogP contribution in [-0.2, 0) is 11.2 Å². The molecular weight excluding hydrogens is 453 g/mol. The highest BCUT2D eigenvalue weighted by molar-refractivity contribution is 6.00. The Morgan fingerprint density at radius 3 is 2.67 bits per heavy atom. The maximum absolute atomic E-state index is 12.4. The smallest absolute Gasteiger partial charge is 0.247 e. The van der Waals surface area contributed by atoms with Crippen molar-refractivity contribution in [2.75, 3.05) is 36.9 Å². The molecule has 6 nitrogen and oxygen atoms in total. The van der Waals surface area contributed by atoms with Crippen LogP contribution in [0.25, 0.3) is 22.0 Å². The number of aromatic nitrogens is 2. The van der Waals surface area contributed by atoms with E-state index in [2.05, 4.69) is 39.2 Å². The predicted molar refractivity (Wildman–Crippen MR) is 143 cm³/mol. The van der Waals surface area contributed by atoms with Crippen LogP contribution in [0.1, 0.15) is 5.56 Å². The van der Waals surface area contributed by atoms with Gasteiger partial charge in [0.2, 0.25) is 11.9 Å². The Labute approximate surface area is 209 Å². The van der Waals surface area contributed by atoms with Crippen molar-refractivity contribution >= 4 is 34.1 Å². The Balaban J connectivity index is 1.32. The molecule has 5 rings (SSSR count). The molecule has 0 radical (unpaired) electrons. The van der Waals surface area contributed by atoms with E-state index < -0.39 is 0 Å². The minimum absolute atomic E-state index is 0.253. The van der Waals surface area contributed by atoms with E-state index in [4.69, 9.17) is 4.98 Å². The number of nitrogens with one attached hydrogen (secondary N) is 2. The zero-order valence-electron chi connectivity index (χ0n) is 20.0. The first-order valence-electron chi connectivity index (χ1n) is 12.0. The van der Waals surface area contributed by atoms with Gasteiger partial charge >= 0.3 is 0 Å². The number of fused-ring (bicyclic) bond motifs is 1. The molecule has 182 valence electrons. The minimum atomic E-state index is -0.272. The van der Waals surface area contributed by atoms with Crippen molar-refractivity contribution in [2.45, 2.75) is 6.42 Å². The topological polar surface area (TPSA) is 70.2 Å². The zero-order valence-corrected chi connectivity index (χ0v) is 20.0. The lowest BCUT2D eigenvalue weighted by Crippen LogP contribution is -2.48. The first-order valence-corrected chi connectivity index (χ1v) is 12.0. The lowest BCUT2D eigenvalue weighted by Gasteiger charge is -2.38. The average molecular weight is 482 g/mol. The molecule has 2 heterocycles. The number of anilines is 3. The van der Waals surface area contributed by atoms with Crippen molar-refractivity contribution in [2.24, 2.45) is 5.92 Å². The number of hydrogen-bond donors (Lipinski definition) is 2. The second kappa shape index (κ2) is 10.7. The molecule has 1 aromatic heterocycles. The predicted octanol–water partition coefficient (Wildman–Crippen LogP) is 5.61. The van der Waals surface area contributed by atoms with Crippen molar-refractivity contribution < 1.29 is 9.18 Å². The summed E-state index contributed by atoms with van der Waals surface area (Å²) < 4.78 is 12.4. The third-order valence-corrected chi connectivity index (χ3v) is 6.41. The monoisotopic (exact) mass is 481 g/mol. The van der Waals surface area contributed by atoms with Crippen LogP contribution < -0.4 is 10.6 Å². The highest BCUT2D eigenvalue weighted by atomic mass is 19.1. The van der Waals surface area contributed by atoms with Crippen molar-refractivity contribution in [3.63, 3.8) is 0 Å². The summed E-state index contributed by atoms with van der Waals surface area (Å²) in [4.78, 5) is 23.2. The molecule has 1 aliphatic heterocycles. The first-order chi connectivity index (χ1) is 17.6. The van der Waals surface area contributed by atoms with Crippen molar-refractivity contribution in [3.05, 3.63) is 91.1 Å². The number of carbonyl (C=O) groups excluding carboxylic acids is 1. The zero-order chi connectivity index (χ0) is 24.9. The fourth-order valence-corrected chi connectivity index (χ4v) is 4.60. The summed E-state index contributed by atoms with van der Waals surface area (Å²) in [7, 11) is 0. The van der Waals surface area contributed by atoms with E-state index in [1.54, 1.807) is 0 Å². The van der Waals surface area contributed by atoms with Gasteiger partial charge in [0.05, 0.1) is 5.52 Å². The molecule has 36 heavy (non-hydrogen) atoms. The lowest BCUT2D eigenvalue weighted by molar-refractivity contribution is -0.111. The molecule has 0 atom stereocenters. The van der Waals surface area contributed by atoms with Crippen LogP contribution in [0.2, 0.25) is 0 Å². The molecule has 0 bridgehead atoms. The average Bonchev–Trinajstić information content (AvgIpc) is 2.88. The van der Waals surface area contributed by atoms with Gasteiger partial charge in [-0.2, -0.15) is 0 Å². The number of carbonyl (C=O) groups is 1. The van der Waals surface area contributed by atoms with Crippen molar-refractivity contribution in [1.82, 2.24) is 14.9 Å². The number of halogens is 1. The van der Waals surface area contributed by atoms with Gasteiger partial charge < -0.3 is 15.5 Å². The number of nitrogens with zero attached hydrogens (tertiary/aromatic N) is 3. The van der Waals surface area contributed by atoms with Crippen molar-refractivity contribution in [3.8, 4) is 11.1 Å². The highest BCUT2D eigenvalue weighted by Gasteiger charge is 2.25. The van der Waals surface area contributed by atoms with Gasteiger partial charge in [0, 0.05) is 48.2 Å². The summed E-state index contributed by atoms with van der Waals surface area (Å²) in [5.74, 6) is 0.859. The van der Waals surface area contributed by atoms with E-state index in [1.807, 2.05) is 60.8 Å². The number of likely N-dealkylation sites (tertiary alicyclic amines) is 1. The Hall–Kier alpha value is -4.10. The number of hydrogen-bond acceptors (Lipinski definition) is 5. The van der Waals surface area contributed by atoms with E-state index in [-0.39, 0.29) is 12.6 Å². The quantitative estimate of drug-likeness (QED) is 0.304. The van der Waals surface area contributed by atoms with Crippen LogP contribution in [0.5, 0.6) is 0 Å². The number of benzene rings is 3. The molecule has 4 aromatic rings. The van der Waals surface area contributed by atoms with Gasteiger partial charge in [-0.05, 0) is 53.8 Å². The van der Waals surface area contributed by atoms with Crippen LogP contribution in [0.3, 0.4) is 0 Å². The molecule has 7 heteroatoms. The molecule has 3 aromatic carbocycles. The molecule has 2 N–H and O–H groups in total. The largest absolute Gasteiger partial charge is 0.324 e. The number of para-hydroxylation sites is 1. The van der Waals surface area contributed by atoms with Crippen LogP contribution in [0.15, 0.2) is 85.6 Å². The van der Waals surface area contributed by atoms with E-state index in [9.17, 15) is 9.18 Å². The molecule has 1 fully saturated rings. The first kappa shape index (κ1) is 23.6. The third-order valence-electron chi connectivity index (χ3n) is 6.41. The Kier molecular flexibility index (Phi) is 7.00. The summed E-state index contributed by atoms with van der Waals surface area (Å²) in [5, 5.41) is 7.04. The summed E-state index contributed by atoms with van der Waals surface area (Å²) in [6.45, 7) is 5.73. The van der Waals surface area contributed by atoms with Gasteiger partial charge in [-0.15, -0.1) is 0 Å². The standard InChI is InChI=1S/C29H28FN5O/c1-2-27(36)32-25-7-3-5-22(16-25)26-8-4-6-23-17-31-29(34-28(23)26)33-24-11-9-20(10-12-24)15-21-18-35(19-21)14-13-30/h2-12,16-17,21H,1,13-15,18-19H2,(H,32,36)(H,31,33,34). The van der Waals surface area contributed by atoms with Gasteiger partial charge in [0.25, 0.3) is 0 Å². The molecule has 1 saturated heterocycles. The van der Waals surface area contributed by atoms with Crippen LogP contribution in [-0.4, -0.2) is 47.1 Å². The highest BCUT2D eigenvalue weighted by Crippen LogP contribution is 2.30. The third kappa shape index (κ3) is 5.42. The molecule has 0 aliphatic carbocycles. The van der Waals surface area contributed by atoms with Gasteiger partial charge in [0.15, 0.2) is 0 Å². The van der Waals surface area contributed by atoms with Gasteiger partial charge in [-0.3, -0.25) is 4.79 Å². The summed E-state index contributed by atoms with van der Waals surface area (Å²) in [5.41, 5.74) is 5.59. The maximum atomic E-state index is 12.4. The van der Waals surface area contributed by atoms with Crippen LogP contribution in [0.4, 0.5) is 21.7 Å². The summed E-state index contributed by atoms with van der Waals surface area (Å²) >= 11 is 0. The number of rotatable bonds is 9. The molecule has 1 aliphatic rings. The maximum Gasteiger partial charge on any atom is 0.247 e. The van der Waals surface area contributed by atoms with E-state index in [0.29, 0.717) is 24.1 Å². The molecule has 0 unspecified atom stereocenters. The van der Waals surface area contributed by atoms with Crippen LogP contribution >= 0.6 is 0 Å². The molecular formula is C29H28FN5O. The Morgan fingerprint density at radius 1 is 1.08 bits per heavy atom. The SMILES string of the molecule is C=CC(=O)Nc1cccc(-c2cccc3cnc(Nc4ccc(CC5CN(CCF)C5)cc4)nc23)c1. The van der Waals surface area contributed by atoms with E-state index in [1.165, 1.54) is 11.6 Å². The van der Waals surface area contributed by atoms with Gasteiger partial charge in [-0.25, -0.2) is 14.4 Å². The van der Waals surface area contributed by atoms with Crippen LogP contribution in [0, 0.1) is 5.92 Å². The number of alkyl halides is 1. The minimum Gasteiger partial charge on any atom is -0.324 e. The van der Waals surface area contributed by atoms with Gasteiger partial charge in [0.1, 0.15) is 6.67 Å². The Morgan fingerprint density at radius 2 is 1.89 bits per heavy atom. The van der Waals surface area contributed by atoms with Gasteiger partial charge in [-0.1, -0.05) is 49.0 Å². The second-order valence-electron chi connectivity index (χ2n) is 9.05. The fourth-order valence-electron chi connectivity index (χ4n) is 4.60. The summed E-state index contributed by atoms with van der Waals surface area (Å²) in [6, 6.07) is 21.9. The fraction of sp³-hybridized carbons (Fsp3) is 0.207.